The molecule has 1 saturated heterocycles. The summed E-state index contributed by atoms with van der Waals surface area (Å²) in [4.78, 5) is 15.5. The second kappa shape index (κ2) is 11.3. The Morgan fingerprint density at radius 1 is 1.08 bits per heavy atom. The summed E-state index contributed by atoms with van der Waals surface area (Å²) >= 11 is 0. The summed E-state index contributed by atoms with van der Waals surface area (Å²) < 4.78 is 5.76. The molecule has 2 N–H and O–H groups in total. The summed E-state index contributed by atoms with van der Waals surface area (Å²) in [7, 11) is 0. The van der Waals surface area contributed by atoms with Crippen molar-refractivity contribution in [2.24, 2.45) is 5.92 Å². The van der Waals surface area contributed by atoms with Crippen LogP contribution in [0.1, 0.15) is 102 Å². The Labute approximate surface area is 229 Å². The molecule has 0 spiro atoms. The number of carbonyl (C=O) groups excluding carboxylic acids is 1. The van der Waals surface area contributed by atoms with E-state index in [1.807, 2.05) is 96.7 Å². The van der Waals surface area contributed by atoms with Gasteiger partial charge in [-0.25, -0.2) is 0 Å². The van der Waals surface area contributed by atoms with E-state index in [2.05, 4.69) is 13.0 Å². The van der Waals surface area contributed by atoms with Crippen molar-refractivity contribution in [1.82, 2.24) is 4.90 Å². The van der Waals surface area contributed by atoms with Gasteiger partial charge in [0.05, 0.1) is 12.6 Å². The molecule has 0 radical (unpaired) electrons. The first-order valence-electron chi connectivity index (χ1n) is 13.8. The molecule has 1 aliphatic rings. The fraction of sp³-hybridized carbons (Fsp3) is 0.515. The smallest absolute Gasteiger partial charge is 0.182 e. The summed E-state index contributed by atoms with van der Waals surface area (Å²) in [5.41, 5.74) is 3.54. The molecule has 1 heterocycles. The van der Waals surface area contributed by atoms with E-state index in [1.54, 1.807) is 0 Å². The molecule has 38 heavy (non-hydrogen) atoms. The molecule has 0 aliphatic carbocycles. The molecule has 1 fully saturated rings. The lowest BCUT2D eigenvalue weighted by atomic mass is 9.78. The minimum Gasteiger partial charge on any atom is -0.507 e. The van der Waals surface area contributed by atoms with Crippen molar-refractivity contribution < 1.29 is 14.6 Å². The van der Waals surface area contributed by atoms with E-state index in [9.17, 15) is 9.90 Å². The highest BCUT2D eigenvalue weighted by molar-refractivity contribution is 6.06. The first kappa shape index (κ1) is 29.5. The van der Waals surface area contributed by atoms with Crippen LogP contribution in [0.3, 0.4) is 0 Å². The number of carbonyl (C=O) groups is 1. The van der Waals surface area contributed by atoms with Gasteiger partial charge in [-0.3, -0.25) is 10.2 Å². The summed E-state index contributed by atoms with van der Waals surface area (Å²) in [5.74, 6) is 1.71. The van der Waals surface area contributed by atoms with Crippen LogP contribution in [0, 0.1) is 11.3 Å². The van der Waals surface area contributed by atoms with Crippen molar-refractivity contribution in [3.05, 3.63) is 64.2 Å². The first-order chi connectivity index (χ1) is 17.6. The number of nitrogens with one attached hydrogen (secondary N) is 1. The maximum absolute atomic E-state index is 13.6. The third-order valence-electron chi connectivity index (χ3n) is 7.06. The van der Waals surface area contributed by atoms with Crippen molar-refractivity contribution in [1.29, 1.82) is 5.41 Å². The van der Waals surface area contributed by atoms with Crippen molar-refractivity contribution in [2.45, 2.75) is 92.1 Å². The number of phenolic OH excluding ortho intramolecular Hbond substituents is 1. The predicted molar refractivity (Wildman–Crippen MR) is 158 cm³/mol. The molecule has 2 aromatic carbocycles. The molecular weight excluding hydrogens is 472 g/mol. The molecule has 0 amide bonds. The first-order valence-corrected chi connectivity index (χ1v) is 13.8. The molecule has 0 bridgehead atoms. The normalized spacial score (nSPS) is 17.5. The van der Waals surface area contributed by atoms with Gasteiger partial charge < -0.3 is 14.7 Å². The number of aromatic hydroxyl groups is 1. The van der Waals surface area contributed by atoms with Crippen LogP contribution in [0.15, 0.2) is 42.0 Å². The van der Waals surface area contributed by atoms with Gasteiger partial charge in [0.25, 0.3) is 0 Å². The molecule has 3 rings (SSSR count). The maximum Gasteiger partial charge on any atom is 0.182 e. The number of ether oxygens (including phenoxy) is 1. The van der Waals surface area contributed by atoms with E-state index >= 15 is 0 Å². The largest absolute Gasteiger partial charge is 0.507 e. The van der Waals surface area contributed by atoms with E-state index in [0.717, 1.165) is 40.9 Å². The molecule has 0 aromatic heterocycles. The lowest BCUT2D eigenvalue weighted by Crippen LogP contribution is -2.31. The van der Waals surface area contributed by atoms with Crippen LogP contribution in [-0.4, -0.2) is 40.8 Å². The van der Waals surface area contributed by atoms with E-state index in [0.29, 0.717) is 17.9 Å². The van der Waals surface area contributed by atoms with Gasteiger partial charge in [0, 0.05) is 29.2 Å². The van der Waals surface area contributed by atoms with Crippen LogP contribution < -0.4 is 4.74 Å². The standard InChI is InChI=1S/C33H46N2O3/c1-10-11-23-19-35(31(34)26(23)16-22-12-14-25(15-13-22)38-21(2)3)20-29(36)24-17-27(32(4,5)6)30(37)28(18-24)33(7,8)9/h12-18,21,23,34,37H,10-11,19-20H2,1-9H3. The zero-order valence-electron chi connectivity index (χ0n) is 24.7. The number of amidine groups is 1. The Kier molecular flexibility index (Phi) is 8.80. The molecule has 0 saturated carbocycles. The van der Waals surface area contributed by atoms with E-state index in [1.165, 1.54) is 0 Å². The number of nitrogens with zero attached hydrogens (tertiary/aromatic N) is 1. The number of benzene rings is 2. The average Bonchev–Trinajstić information content (AvgIpc) is 3.07. The number of hydrogen-bond acceptors (Lipinski definition) is 4. The second-order valence-corrected chi connectivity index (χ2v) is 12.9. The minimum absolute atomic E-state index is 0.0302. The van der Waals surface area contributed by atoms with Crippen LogP contribution >= 0.6 is 0 Å². The van der Waals surface area contributed by atoms with Gasteiger partial charge in [0.15, 0.2) is 5.78 Å². The highest BCUT2D eigenvalue weighted by Gasteiger charge is 2.34. The molecule has 5 heteroatoms. The number of rotatable bonds is 8. The summed E-state index contributed by atoms with van der Waals surface area (Å²) in [6.45, 7) is 19.3. The van der Waals surface area contributed by atoms with Crippen molar-refractivity contribution in [3.8, 4) is 11.5 Å². The summed E-state index contributed by atoms with van der Waals surface area (Å²) in [5, 5.41) is 20.0. The zero-order valence-corrected chi connectivity index (χ0v) is 24.7. The maximum atomic E-state index is 13.6. The van der Waals surface area contributed by atoms with E-state index in [4.69, 9.17) is 10.1 Å². The third-order valence-corrected chi connectivity index (χ3v) is 7.06. The SMILES string of the molecule is CCCC1CN(CC(=O)c2cc(C(C)(C)C)c(O)c(C(C)(C)C)c2)C(=N)C1=Cc1ccc(OC(C)C)cc1. The van der Waals surface area contributed by atoms with E-state index in [-0.39, 0.29) is 40.9 Å². The van der Waals surface area contributed by atoms with Crippen molar-refractivity contribution >= 4 is 17.7 Å². The van der Waals surface area contributed by atoms with Crippen LogP contribution in [0.25, 0.3) is 6.08 Å². The van der Waals surface area contributed by atoms with Crippen LogP contribution in [0.4, 0.5) is 0 Å². The lowest BCUT2D eigenvalue weighted by Gasteiger charge is -2.28. The number of hydrogen-bond donors (Lipinski definition) is 2. The average molecular weight is 519 g/mol. The third kappa shape index (κ3) is 6.86. The van der Waals surface area contributed by atoms with Gasteiger partial charge >= 0.3 is 0 Å². The number of phenols is 1. The fourth-order valence-electron chi connectivity index (χ4n) is 5.05. The monoisotopic (exact) mass is 518 g/mol. The Balaban J connectivity index is 1.89. The van der Waals surface area contributed by atoms with Gasteiger partial charge in [-0.2, -0.15) is 0 Å². The molecule has 1 aliphatic heterocycles. The Morgan fingerprint density at radius 3 is 2.11 bits per heavy atom. The van der Waals surface area contributed by atoms with Crippen molar-refractivity contribution in [3.63, 3.8) is 0 Å². The lowest BCUT2D eigenvalue weighted by molar-refractivity contribution is 0.0963. The Morgan fingerprint density at radius 2 is 1.63 bits per heavy atom. The van der Waals surface area contributed by atoms with Crippen LogP contribution in [-0.2, 0) is 10.8 Å². The zero-order chi connectivity index (χ0) is 28.4. The van der Waals surface area contributed by atoms with Crippen LogP contribution in [0.2, 0.25) is 0 Å². The molecule has 1 unspecified atom stereocenters. The van der Waals surface area contributed by atoms with Gasteiger partial charge in [0.1, 0.15) is 17.3 Å². The second-order valence-electron chi connectivity index (χ2n) is 12.9. The van der Waals surface area contributed by atoms with Gasteiger partial charge in [-0.1, -0.05) is 67.0 Å². The molecular formula is C33H46N2O3. The van der Waals surface area contributed by atoms with Gasteiger partial charge in [-0.05, 0) is 72.6 Å². The number of Topliss-reactive ketones (excluding diaryl/α,β-unsaturated/α-hetero) is 1. The Hall–Kier alpha value is -3.08. The fourth-order valence-corrected chi connectivity index (χ4v) is 5.05. The van der Waals surface area contributed by atoms with Gasteiger partial charge in [-0.15, -0.1) is 0 Å². The number of likely N-dealkylation sites (tertiary alicyclic amines) is 1. The topological polar surface area (TPSA) is 73.6 Å². The van der Waals surface area contributed by atoms with Crippen molar-refractivity contribution in [2.75, 3.05) is 13.1 Å². The van der Waals surface area contributed by atoms with E-state index < -0.39 is 0 Å². The Bertz CT molecular complexity index is 1160. The quantitative estimate of drug-likeness (QED) is 0.350. The predicted octanol–water partition coefficient (Wildman–Crippen LogP) is 7.75. The molecule has 1 atom stereocenters. The minimum atomic E-state index is -0.307. The summed E-state index contributed by atoms with van der Waals surface area (Å²) in [6.07, 6.45) is 4.19. The number of ketones is 1. The van der Waals surface area contributed by atoms with Gasteiger partial charge in [0.2, 0.25) is 0 Å². The molecule has 206 valence electrons. The summed E-state index contributed by atoms with van der Waals surface area (Å²) in [6, 6.07) is 11.7. The highest BCUT2D eigenvalue weighted by atomic mass is 16.5. The van der Waals surface area contributed by atoms with Crippen LogP contribution in [0.5, 0.6) is 11.5 Å². The highest BCUT2D eigenvalue weighted by Crippen LogP contribution is 2.40. The molecule has 2 aromatic rings. The molecule has 5 nitrogen and oxygen atoms in total.